The molecule has 2 aliphatic heterocycles. The van der Waals surface area contributed by atoms with Gasteiger partial charge in [0.2, 0.25) is 5.91 Å². The van der Waals surface area contributed by atoms with Crippen molar-refractivity contribution in [1.29, 1.82) is 0 Å². The highest BCUT2D eigenvalue weighted by Gasteiger charge is 2.35. The lowest BCUT2D eigenvalue weighted by Gasteiger charge is -2.31. The highest BCUT2D eigenvalue weighted by Crippen LogP contribution is 2.35. The molecular weight excluding hydrogens is 440 g/mol. The zero-order chi connectivity index (χ0) is 23.4. The van der Waals surface area contributed by atoms with Crippen molar-refractivity contribution >= 4 is 29.1 Å². The Labute approximate surface area is 199 Å². The average molecular weight is 469 g/mol. The van der Waals surface area contributed by atoms with E-state index >= 15 is 0 Å². The number of likely N-dealkylation sites (tertiary alicyclic amines) is 1. The van der Waals surface area contributed by atoms with E-state index < -0.39 is 0 Å². The third kappa shape index (κ3) is 5.37. The predicted octanol–water partition coefficient (Wildman–Crippen LogP) is 3.61. The lowest BCUT2D eigenvalue weighted by atomic mass is 9.96. The van der Waals surface area contributed by atoms with Crippen molar-refractivity contribution in [3.05, 3.63) is 64.7 Å². The molecule has 174 valence electrons. The first-order valence-electron chi connectivity index (χ1n) is 11.3. The molecule has 0 aromatic heterocycles. The van der Waals surface area contributed by atoms with Crippen LogP contribution in [-0.2, 0) is 9.59 Å². The smallest absolute Gasteiger partial charge is 0.257 e. The molecule has 1 fully saturated rings. The fourth-order valence-electron chi connectivity index (χ4n) is 4.45. The molecule has 7 nitrogen and oxygen atoms in total. The van der Waals surface area contributed by atoms with Gasteiger partial charge in [0.05, 0.1) is 24.9 Å². The van der Waals surface area contributed by atoms with Crippen LogP contribution >= 0.6 is 11.6 Å². The van der Waals surface area contributed by atoms with Gasteiger partial charge in [-0.1, -0.05) is 41.9 Å². The van der Waals surface area contributed by atoms with E-state index in [1.807, 2.05) is 55.5 Å². The SMILES string of the molecule is CCOc1ccc([C@H]2CC(c3ccccc3Cl)=NN2C(=O)CN2CCC(C(N)=O)CC2)cc1. The van der Waals surface area contributed by atoms with Gasteiger partial charge in [0.15, 0.2) is 0 Å². The lowest BCUT2D eigenvalue weighted by molar-refractivity contribution is -0.134. The van der Waals surface area contributed by atoms with Gasteiger partial charge in [0, 0.05) is 22.9 Å². The molecule has 0 radical (unpaired) electrons. The molecule has 0 spiro atoms. The Hall–Kier alpha value is -2.90. The number of carbonyl (C=O) groups excluding carboxylic acids is 2. The standard InChI is InChI=1S/C25H29ClN4O3/c1-2-33-19-9-7-17(8-10-19)23-15-22(20-5-3-4-6-21(20)26)28-30(23)24(31)16-29-13-11-18(12-14-29)25(27)32/h3-10,18,23H,2,11-16H2,1H3,(H2,27,32)/t23-/m1/s1. The van der Waals surface area contributed by atoms with Crippen molar-refractivity contribution in [1.82, 2.24) is 9.91 Å². The number of hydrazone groups is 1. The molecule has 0 saturated carbocycles. The van der Waals surface area contributed by atoms with E-state index in [-0.39, 0.29) is 30.3 Å². The molecule has 1 saturated heterocycles. The van der Waals surface area contributed by atoms with E-state index in [2.05, 4.69) is 4.90 Å². The Balaban J connectivity index is 1.54. The van der Waals surface area contributed by atoms with E-state index in [9.17, 15) is 9.59 Å². The molecule has 4 rings (SSSR count). The Morgan fingerprint density at radius 2 is 1.82 bits per heavy atom. The average Bonchev–Trinajstić information content (AvgIpc) is 3.26. The number of amides is 2. The van der Waals surface area contributed by atoms with E-state index in [1.54, 1.807) is 5.01 Å². The maximum atomic E-state index is 13.4. The highest BCUT2D eigenvalue weighted by molar-refractivity contribution is 6.34. The van der Waals surface area contributed by atoms with Crippen molar-refractivity contribution in [2.75, 3.05) is 26.2 Å². The fraction of sp³-hybridized carbons (Fsp3) is 0.400. The molecule has 1 atom stereocenters. The van der Waals surface area contributed by atoms with Crippen LogP contribution in [0.5, 0.6) is 5.75 Å². The van der Waals surface area contributed by atoms with Crippen LogP contribution in [0, 0.1) is 5.92 Å². The number of rotatable bonds is 7. The van der Waals surface area contributed by atoms with Crippen LogP contribution in [0.25, 0.3) is 0 Å². The molecule has 2 aromatic rings. The van der Waals surface area contributed by atoms with Gasteiger partial charge in [0.1, 0.15) is 5.75 Å². The summed E-state index contributed by atoms with van der Waals surface area (Å²) in [6.07, 6.45) is 1.94. The monoisotopic (exact) mass is 468 g/mol. The number of nitrogens with two attached hydrogens (primary N) is 1. The summed E-state index contributed by atoms with van der Waals surface area (Å²) in [6, 6.07) is 15.2. The Kier molecular flexibility index (Phi) is 7.30. The minimum absolute atomic E-state index is 0.0755. The quantitative estimate of drug-likeness (QED) is 0.672. The predicted molar refractivity (Wildman–Crippen MR) is 128 cm³/mol. The molecule has 0 aliphatic carbocycles. The van der Waals surface area contributed by atoms with E-state index in [1.165, 1.54) is 0 Å². The number of carbonyl (C=O) groups is 2. The lowest BCUT2D eigenvalue weighted by Crippen LogP contribution is -2.43. The van der Waals surface area contributed by atoms with E-state index in [4.69, 9.17) is 27.2 Å². The number of piperidine rings is 1. The summed E-state index contributed by atoms with van der Waals surface area (Å²) >= 11 is 6.43. The second kappa shape index (κ2) is 10.4. The minimum Gasteiger partial charge on any atom is -0.494 e. The molecule has 8 heteroatoms. The van der Waals surface area contributed by atoms with Gasteiger partial charge in [-0.25, -0.2) is 5.01 Å². The first kappa shape index (κ1) is 23.3. The maximum Gasteiger partial charge on any atom is 0.257 e. The largest absolute Gasteiger partial charge is 0.494 e. The Morgan fingerprint density at radius 1 is 1.12 bits per heavy atom. The zero-order valence-electron chi connectivity index (χ0n) is 18.7. The number of hydrogen-bond donors (Lipinski definition) is 1. The van der Waals surface area contributed by atoms with Crippen LogP contribution in [0.4, 0.5) is 0 Å². The van der Waals surface area contributed by atoms with E-state index in [0.29, 0.717) is 44.0 Å². The molecular formula is C25H29ClN4O3. The van der Waals surface area contributed by atoms with Gasteiger partial charge in [-0.2, -0.15) is 5.10 Å². The van der Waals surface area contributed by atoms with Crippen LogP contribution in [0.15, 0.2) is 53.6 Å². The maximum absolute atomic E-state index is 13.4. The van der Waals surface area contributed by atoms with Gasteiger partial charge in [-0.3, -0.25) is 14.5 Å². The third-order valence-electron chi connectivity index (χ3n) is 6.28. The van der Waals surface area contributed by atoms with Crippen LogP contribution in [0.2, 0.25) is 5.02 Å². The molecule has 2 heterocycles. The van der Waals surface area contributed by atoms with Gasteiger partial charge < -0.3 is 10.5 Å². The Morgan fingerprint density at radius 3 is 2.45 bits per heavy atom. The van der Waals surface area contributed by atoms with Gasteiger partial charge in [-0.05, 0) is 56.6 Å². The van der Waals surface area contributed by atoms with Gasteiger partial charge in [-0.15, -0.1) is 0 Å². The number of primary amides is 1. The highest BCUT2D eigenvalue weighted by atomic mass is 35.5. The summed E-state index contributed by atoms with van der Waals surface area (Å²) < 4.78 is 5.56. The minimum atomic E-state index is -0.259. The van der Waals surface area contributed by atoms with Crippen molar-refractivity contribution in [3.8, 4) is 5.75 Å². The van der Waals surface area contributed by atoms with Crippen LogP contribution in [-0.4, -0.2) is 53.7 Å². The number of hydrogen-bond acceptors (Lipinski definition) is 5. The van der Waals surface area contributed by atoms with Crippen LogP contribution < -0.4 is 10.5 Å². The van der Waals surface area contributed by atoms with Crippen molar-refractivity contribution in [3.63, 3.8) is 0 Å². The van der Waals surface area contributed by atoms with Crippen LogP contribution in [0.1, 0.15) is 43.4 Å². The summed E-state index contributed by atoms with van der Waals surface area (Å²) in [5, 5.41) is 6.94. The zero-order valence-corrected chi connectivity index (χ0v) is 19.5. The molecule has 2 aliphatic rings. The van der Waals surface area contributed by atoms with Crippen LogP contribution in [0.3, 0.4) is 0 Å². The normalized spacial score (nSPS) is 19.4. The van der Waals surface area contributed by atoms with Crippen molar-refractivity contribution in [2.24, 2.45) is 16.8 Å². The van der Waals surface area contributed by atoms with Gasteiger partial charge >= 0.3 is 0 Å². The Bertz CT molecular complexity index is 1030. The summed E-state index contributed by atoms with van der Waals surface area (Å²) in [7, 11) is 0. The van der Waals surface area contributed by atoms with Crippen molar-refractivity contribution in [2.45, 2.75) is 32.2 Å². The first-order chi connectivity index (χ1) is 16.0. The topological polar surface area (TPSA) is 88.2 Å². The second-order valence-electron chi connectivity index (χ2n) is 8.44. The molecule has 2 amide bonds. The molecule has 0 unspecified atom stereocenters. The summed E-state index contributed by atoms with van der Waals surface area (Å²) in [5.74, 6) is 0.352. The third-order valence-corrected chi connectivity index (χ3v) is 6.60. The molecule has 2 N–H and O–H groups in total. The summed E-state index contributed by atoms with van der Waals surface area (Å²) in [6.45, 7) is 4.13. The fourth-order valence-corrected chi connectivity index (χ4v) is 4.69. The number of benzene rings is 2. The summed E-state index contributed by atoms with van der Waals surface area (Å²) in [5.41, 5.74) is 8.06. The number of ether oxygens (including phenoxy) is 1. The first-order valence-corrected chi connectivity index (χ1v) is 11.7. The van der Waals surface area contributed by atoms with E-state index in [0.717, 1.165) is 22.6 Å². The van der Waals surface area contributed by atoms with Gasteiger partial charge in [0.25, 0.3) is 5.91 Å². The summed E-state index contributed by atoms with van der Waals surface area (Å²) in [4.78, 5) is 26.9. The second-order valence-corrected chi connectivity index (χ2v) is 8.85. The molecule has 0 bridgehead atoms. The van der Waals surface area contributed by atoms with Crippen molar-refractivity contribution < 1.29 is 14.3 Å². The number of nitrogens with zero attached hydrogens (tertiary/aromatic N) is 3. The number of halogens is 1. The molecule has 2 aromatic carbocycles. The molecule has 33 heavy (non-hydrogen) atoms.